The molecule has 3 N–H and O–H groups in total. The molecule has 7 rings (SSSR count). The number of likely N-dealkylation sites (tertiary alicyclic amines) is 1. The Balaban J connectivity index is 1.06. The third kappa shape index (κ3) is 5.95. The average Bonchev–Trinajstić information content (AvgIpc) is 2.95. The molecule has 1 aromatic carbocycles. The highest BCUT2D eigenvalue weighted by Gasteiger charge is 2.55. The molecule has 0 radical (unpaired) electrons. The molecule has 4 bridgehead atoms. The third-order valence-electron chi connectivity index (χ3n) is 10.4. The van der Waals surface area contributed by atoms with Gasteiger partial charge in [0.05, 0.1) is 6.20 Å². The fraction of sp³-hybridized carbons (Fsp3) is 0.656. The first-order valence-electron chi connectivity index (χ1n) is 15.4. The molecular formula is C32H44ClN7. The van der Waals surface area contributed by atoms with Crippen LogP contribution in [0.15, 0.2) is 30.5 Å². The van der Waals surface area contributed by atoms with Gasteiger partial charge in [-0.2, -0.15) is 10.2 Å². The monoisotopic (exact) mass is 561 g/mol. The highest BCUT2D eigenvalue weighted by Crippen LogP contribution is 2.60. The third-order valence-corrected chi connectivity index (χ3v) is 10.7. The summed E-state index contributed by atoms with van der Waals surface area (Å²) in [6, 6.07) is 11.4. The summed E-state index contributed by atoms with van der Waals surface area (Å²) in [5, 5.41) is 21.5. The van der Waals surface area contributed by atoms with Crippen LogP contribution in [0, 0.1) is 40.4 Å². The second kappa shape index (κ2) is 11.8. The minimum atomic E-state index is 0.306. The molecule has 4 aliphatic carbocycles. The SMILES string of the molecule is CC(C)N1CCC(CNC2[C@@H]3CC4C[C@H]2CC(CNc2nc(NCc5ccccc5Cl)ncc2C#N)(C4)C3)CC1. The normalized spacial score (nSPS) is 30.0. The maximum atomic E-state index is 9.74. The van der Waals surface area contributed by atoms with Crippen LogP contribution in [0.25, 0.3) is 0 Å². The minimum Gasteiger partial charge on any atom is -0.368 e. The molecule has 8 heteroatoms. The van der Waals surface area contributed by atoms with Crippen LogP contribution in [0.1, 0.15) is 69.9 Å². The first-order chi connectivity index (χ1) is 19.4. The van der Waals surface area contributed by atoms with Crippen molar-refractivity contribution in [2.24, 2.45) is 29.1 Å². The average molecular weight is 562 g/mol. The first kappa shape index (κ1) is 27.8. The fourth-order valence-corrected chi connectivity index (χ4v) is 8.69. The summed E-state index contributed by atoms with van der Waals surface area (Å²) < 4.78 is 0. The Morgan fingerprint density at radius 2 is 1.85 bits per heavy atom. The van der Waals surface area contributed by atoms with E-state index in [4.69, 9.17) is 16.6 Å². The quantitative estimate of drug-likeness (QED) is 0.331. The van der Waals surface area contributed by atoms with Gasteiger partial charge in [-0.3, -0.25) is 0 Å². The number of nitrogens with one attached hydrogen (secondary N) is 3. The van der Waals surface area contributed by atoms with Gasteiger partial charge in [-0.05, 0) is 119 Å². The standard InChI is InChI=1S/C32H44ClN7/c1-21(2)40-9-7-22(8-10-40)17-35-29-25-11-23-12-26(29)15-32(13-23,14-25)20-38-30-27(16-34)19-37-31(39-30)36-18-24-5-3-4-6-28(24)33/h3-6,19,21-23,25-26,29,35H,7-15,17-18,20H2,1-2H3,(H2,36,37,38,39)/t23?,25-,26+,29?,32?. The minimum absolute atomic E-state index is 0.306. The lowest BCUT2D eigenvalue weighted by Crippen LogP contribution is -2.60. The number of aromatic nitrogens is 2. The molecule has 214 valence electrons. The molecule has 5 atom stereocenters. The second-order valence-corrected chi connectivity index (χ2v) is 13.8. The summed E-state index contributed by atoms with van der Waals surface area (Å²) in [6.07, 6.45) is 10.9. The summed E-state index contributed by atoms with van der Waals surface area (Å²) in [5.74, 6) is 4.37. The van der Waals surface area contributed by atoms with Crippen molar-refractivity contribution in [3.8, 4) is 6.07 Å². The van der Waals surface area contributed by atoms with E-state index in [2.05, 4.69) is 45.8 Å². The van der Waals surface area contributed by atoms with Gasteiger partial charge in [0.15, 0.2) is 0 Å². The van der Waals surface area contributed by atoms with Crippen molar-refractivity contribution in [3.05, 3.63) is 46.6 Å². The molecule has 0 amide bonds. The van der Waals surface area contributed by atoms with Crippen LogP contribution in [0.4, 0.5) is 11.8 Å². The number of rotatable bonds is 10. The molecule has 1 saturated heterocycles. The van der Waals surface area contributed by atoms with Gasteiger partial charge in [-0.15, -0.1) is 0 Å². The molecule has 1 aromatic heterocycles. The predicted octanol–water partition coefficient (Wildman–Crippen LogP) is 5.93. The second-order valence-electron chi connectivity index (χ2n) is 13.3. The Morgan fingerprint density at radius 3 is 2.55 bits per heavy atom. The lowest BCUT2D eigenvalue weighted by atomic mass is 9.48. The van der Waals surface area contributed by atoms with E-state index in [1.165, 1.54) is 64.6 Å². The summed E-state index contributed by atoms with van der Waals surface area (Å²) in [5.41, 5.74) is 1.79. The number of piperidine rings is 1. The smallest absolute Gasteiger partial charge is 0.224 e. The van der Waals surface area contributed by atoms with E-state index in [9.17, 15) is 5.26 Å². The molecule has 5 fully saturated rings. The number of hydrogen-bond acceptors (Lipinski definition) is 7. The summed E-state index contributed by atoms with van der Waals surface area (Å²) in [4.78, 5) is 11.7. The van der Waals surface area contributed by atoms with Gasteiger partial charge in [-0.25, -0.2) is 4.98 Å². The van der Waals surface area contributed by atoms with E-state index in [0.717, 1.165) is 35.8 Å². The summed E-state index contributed by atoms with van der Waals surface area (Å²) >= 11 is 6.31. The molecule has 2 heterocycles. The Hall–Kier alpha value is -2.40. The Kier molecular flexibility index (Phi) is 8.21. The van der Waals surface area contributed by atoms with Crippen LogP contribution >= 0.6 is 11.6 Å². The molecule has 7 nitrogen and oxygen atoms in total. The molecule has 2 aromatic rings. The highest BCUT2D eigenvalue weighted by molar-refractivity contribution is 6.31. The van der Waals surface area contributed by atoms with Crippen LogP contribution in [-0.2, 0) is 6.54 Å². The largest absolute Gasteiger partial charge is 0.368 e. The van der Waals surface area contributed by atoms with Gasteiger partial charge < -0.3 is 20.9 Å². The molecular weight excluding hydrogens is 518 g/mol. The molecule has 4 saturated carbocycles. The predicted molar refractivity (Wildman–Crippen MR) is 161 cm³/mol. The number of halogens is 1. The van der Waals surface area contributed by atoms with Gasteiger partial charge in [0, 0.05) is 30.2 Å². The molecule has 5 aliphatic rings. The maximum absolute atomic E-state index is 9.74. The Labute approximate surface area is 244 Å². The lowest BCUT2D eigenvalue weighted by molar-refractivity contribution is -0.0704. The van der Waals surface area contributed by atoms with E-state index >= 15 is 0 Å². The first-order valence-corrected chi connectivity index (χ1v) is 15.7. The van der Waals surface area contributed by atoms with Crippen molar-refractivity contribution in [2.75, 3.05) is 36.8 Å². The van der Waals surface area contributed by atoms with Crippen molar-refractivity contribution < 1.29 is 0 Å². The number of nitrogens with zero attached hydrogens (tertiary/aromatic N) is 4. The zero-order valence-corrected chi connectivity index (χ0v) is 24.8. The Bertz CT molecular complexity index is 1200. The van der Waals surface area contributed by atoms with Gasteiger partial charge in [0.2, 0.25) is 5.95 Å². The maximum Gasteiger partial charge on any atom is 0.224 e. The van der Waals surface area contributed by atoms with Gasteiger partial charge in [0.1, 0.15) is 17.5 Å². The van der Waals surface area contributed by atoms with Crippen molar-refractivity contribution in [2.45, 2.75) is 77.4 Å². The number of hydrogen-bond donors (Lipinski definition) is 3. The Morgan fingerprint density at radius 1 is 1.10 bits per heavy atom. The fourth-order valence-electron chi connectivity index (χ4n) is 8.49. The molecule has 3 unspecified atom stereocenters. The number of benzene rings is 1. The van der Waals surface area contributed by atoms with E-state index < -0.39 is 0 Å². The van der Waals surface area contributed by atoms with E-state index in [-0.39, 0.29) is 0 Å². The zero-order valence-electron chi connectivity index (χ0n) is 24.0. The van der Waals surface area contributed by atoms with Crippen molar-refractivity contribution in [1.29, 1.82) is 5.26 Å². The van der Waals surface area contributed by atoms with Gasteiger partial charge >= 0.3 is 0 Å². The van der Waals surface area contributed by atoms with Crippen LogP contribution in [0.5, 0.6) is 0 Å². The van der Waals surface area contributed by atoms with Crippen LogP contribution in [-0.4, -0.2) is 53.1 Å². The summed E-state index contributed by atoms with van der Waals surface area (Å²) in [6.45, 7) is 9.75. The van der Waals surface area contributed by atoms with E-state index in [1.807, 2.05) is 24.3 Å². The van der Waals surface area contributed by atoms with E-state index in [1.54, 1.807) is 6.20 Å². The van der Waals surface area contributed by atoms with Crippen molar-refractivity contribution in [3.63, 3.8) is 0 Å². The van der Waals surface area contributed by atoms with Crippen molar-refractivity contribution in [1.82, 2.24) is 20.2 Å². The molecule has 40 heavy (non-hydrogen) atoms. The van der Waals surface area contributed by atoms with Crippen LogP contribution in [0.3, 0.4) is 0 Å². The molecule has 0 spiro atoms. The topological polar surface area (TPSA) is 88.9 Å². The zero-order chi connectivity index (χ0) is 27.7. The van der Waals surface area contributed by atoms with Gasteiger partial charge in [0.25, 0.3) is 0 Å². The van der Waals surface area contributed by atoms with E-state index in [0.29, 0.717) is 46.4 Å². The lowest BCUT2D eigenvalue weighted by Gasteiger charge is -2.60. The van der Waals surface area contributed by atoms with Crippen molar-refractivity contribution >= 4 is 23.4 Å². The highest BCUT2D eigenvalue weighted by atomic mass is 35.5. The number of anilines is 2. The number of nitriles is 1. The van der Waals surface area contributed by atoms with Gasteiger partial charge in [-0.1, -0.05) is 29.8 Å². The molecule has 1 aliphatic heterocycles. The summed E-state index contributed by atoms with van der Waals surface area (Å²) in [7, 11) is 0. The van der Waals surface area contributed by atoms with Crippen LogP contribution in [0.2, 0.25) is 5.02 Å². The van der Waals surface area contributed by atoms with Crippen LogP contribution < -0.4 is 16.0 Å².